The lowest BCUT2D eigenvalue weighted by molar-refractivity contribution is -0.118. The summed E-state index contributed by atoms with van der Waals surface area (Å²) in [6.07, 6.45) is 2.00. The highest BCUT2D eigenvalue weighted by Crippen LogP contribution is 2.26. The molecule has 2 heterocycles. The number of amides is 2. The number of carbonyl (C=O) groups is 2. The minimum absolute atomic E-state index is 0.0519. The normalized spacial score (nSPS) is 12.5. The highest BCUT2D eigenvalue weighted by Gasteiger charge is 2.39. The summed E-state index contributed by atoms with van der Waals surface area (Å²) in [7, 11) is -6.63. The topological polar surface area (TPSA) is 168 Å². The van der Waals surface area contributed by atoms with Crippen LogP contribution in [0.2, 0.25) is 51.4 Å². The molecule has 44 heavy (non-hydrogen) atoms. The van der Waals surface area contributed by atoms with E-state index in [1.54, 1.807) is 0 Å². The van der Waals surface area contributed by atoms with Gasteiger partial charge >= 0.3 is 14.6 Å². The van der Waals surface area contributed by atoms with E-state index in [0.29, 0.717) is 30.2 Å². The van der Waals surface area contributed by atoms with Crippen molar-refractivity contribution in [2.24, 2.45) is 0 Å². The lowest BCUT2D eigenvalue weighted by Crippen LogP contribution is -2.52. The number of anilines is 1. The predicted octanol–water partition coefficient (Wildman–Crippen LogP) is 5.35. The Bertz CT molecular complexity index is 1390. The molecule has 0 spiro atoms. The number of ketones is 1. The highest BCUT2D eigenvalue weighted by molar-refractivity contribution is 6.87. The Balaban J connectivity index is 1.77. The number of nitrogens with zero attached hydrogens (tertiary/aromatic N) is 2. The fourth-order valence-corrected chi connectivity index (χ4v) is 19.1. The van der Waals surface area contributed by atoms with Crippen molar-refractivity contribution in [3.8, 4) is 0 Å². The maximum absolute atomic E-state index is 12.6. The Morgan fingerprint density at radius 1 is 0.818 bits per heavy atom. The zero-order valence-corrected chi connectivity index (χ0v) is 31.1. The van der Waals surface area contributed by atoms with Gasteiger partial charge in [-0.1, -0.05) is 27.7 Å². The third kappa shape index (κ3) is 13.9. The van der Waals surface area contributed by atoms with E-state index in [-0.39, 0.29) is 41.1 Å². The van der Waals surface area contributed by atoms with Gasteiger partial charge in [-0.3, -0.25) is 24.7 Å². The quantitative estimate of drug-likeness (QED) is 0.130. The Morgan fingerprint density at radius 3 is 1.91 bits per heavy atom. The van der Waals surface area contributed by atoms with Gasteiger partial charge < -0.3 is 18.5 Å². The fourth-order valence-electron chi connectivity index (χ4n) is 5.05. The Labute approximate surface area is 264 Å². The summed E-state index contributed by atoms with van der Waals surface area (Å²) in [5.74, 6) is 0.788. The minimum atomic E-state index is -2.44. The van der Waals surface area contributed by atoms with E-state index in [9.17, 15) is 19.2 Å². The maximum atomic E-state index is 12.6. The molecule has 2 rings (SSSR count). The Morgan fingerprint density at radius 2 is 1.34 bits per heavy atom. The predicted molar refractivity (Wildman–Crippen MR) is 182 cm³/mol. The molecule has 0 aliphatic carbocycles. The van der Waals surface area contributed by atoms with Gasteiger partial charge in [-0.25, -0.2) is 14.8 Å². The number of aromatic amines is 2. The molecule has 12 nitrogen and oxygen atoms in total. The number of hydrogen-bond acceptors (Lipinski definition) is 8. The molecule has 0 aliphatic heterocycles. The first-order valence-electron chi connectivity index (χ1n) is 15.4. The summed E-state index contributed by atoms with van der Waals surface area (Å²) < 4.78 is 13.3. The van der Waals surface area contributed by atoms with E-state index in [1.807, 2.05) is 27.7 Å². The minimum Gasteiger partial charge on any atom is -0.437 e. The van der Waals surface area contributed by atoms with Crippen LogP contribution in [0.4, 0.5) is 10.7 Å². The number of urea groups is 1. The number of rotatable bonds is 17. The zero-order valence-electron chi connectivity index (χ0n) is 28.1. The summed E-state index contributed by atoms with van der Waals surface area (Å²) in [5.41, 5.74) is 0.769. The molecule has 15 heteroatoms. The zero-order chi connectivity index (χ0) is 33.3. The molecule has 0 radical (unpaired) electrons. The van der Waals surface area contributed by atoms with Crippen LogP contribution in [-0.2, 0) is 19.4 Å². The monoisotopic (exact) mass is 664 g/mol. The molecule has 0 bridgehead atoms. The smallest absolute Gasteiger partial charge is 0.321 e. The van der Waals surface area contributed by atoms with Gasteiger partial charge in [0.25, 0.3) is 11.1 Å². The first kappa shape index (κ1) is 37.5. The van der Waals surface area contributed by atoms with Crippen molar-refractivity contribution in [3.63, 3.8) is 0 Å². The van der Waals surface area contributed by atoms with Gasteiger partial charge in [0, 0.05) is 25.1 Å². The molecule has 0 saturated heterocycles. The van der Waals surface area contributed by atoms with E-state index in [1.165, 1.54) is 12.1 Å². The molecule has 0 aromatic carbocycles. The molecule has 2 aromatic heterocycles. The molecule has 4 N–H and O–H groups in total. The van der Waals surface area contributed by atoms with Gasteiger partial charge in [0.1, 0.15) is 11.6 Å². The number of Topliss-reactive ketones (excluding diaryl/α,β-unsaturated/α-hetero) is 1. The van der Waals surface area contributed by atoms with Gasteiger partial charge in [0.2, 0.25) is 5.95 Å². The number of carbonyl (C=O) groups excluding carboxylic acids is 2. The summed E-state index contributed by atoms with van der Waals surface area (Å²) in [5, 5.41) is 5.42. The van der Waals surface area contributed by atoms with Crippen LogP contribution in [0.25, 0.3) is 0 Å². The van der Waals surface area contributed by atoms with Crippen LogP contribution >= 0.6 is 0 Å². The van der Waals surface area contributed by atoms with Crippen molar-refractivity contribution < 1.29 is 17.8 Å². The molecule has 2 amide bonds. The van der Waals surface area contributed by atoms with Crippen LogP contribution in [0.15, 0.2) is 21.7 Å². The number of hydrogen-bond donors (Lipinski definition) is 4. The van der Waals surface area contributed by atoms with Gasteiger partial charge in [-0.15, -0.1) is 0 Å². The second kappa shape index (κ2) is 16.0. The largest absolute Gasteiger partial charge is 0.437 e. The van der Waals surface area contributed by atoms with Gasteiger partial charge in [0.15, 0.2) is 16.6 Å². The molecule has 0 unspecified atom stereocenters. The summed E-state index contributed by atoms with van der Waals surface area (Å²) >= 11 is 0. The average molecular weight is 665 g/mol. The standard InChI is InChI=1S/C29H52N6O6Si3/c1-20(2)23-18-26(37)33-25(31-23)17-22(36)13-11-15-42(5,6)40-44(9,10)41-43(7,8)16-12-14-30-29(39)35-28-32-24(21(3)4)19-27(38)34-28/h18-21H,11-17H2,1-10H3,(H,31,33,37)(H3,30,32,34,35,38,39). The summed E-state index contributed by atoms with van der Waals surface area (Å²) in [6.45, 7) is 21.1. The van der Waals surface area contributed by atoms with E-state index in [4.69, 9.17) is 8.23 Å². The third-order valence-corrected chi connectivity index (χ3v) is 18.3. The van der Waals surface area contributed by atoms with Crippen LogP contribution in [0.3, 0.4) is 0 Å². The van der Waals surface area contributed by atoms with Crippen molar-refractivity contribution in [2.45, 2.75) is 117 Å². The first-order chi connectivity index (χ1) is 20.3. The maximum Gasteiger partial charge on any atom is 0.321 e. The molecule has 246 valence electrons. The van der Waals surface area contributed by atoms with Crippen molar-refractivity contribution in [3.05, 3.63) is 50.1 Å². The van der Waals surface area contributed by atoms with Crippen LogP contribution in [0.1, 0.15) is 76.0 Å². The molecule has 0 saturated carbocycles. The lowest BCUT2D eigenvalue weighted by Gasteiger charge is -2.38. The van der Waals surface area contributed by atoms with E-state index in [2.05, 4.69) is 69.9 Å². The molecule has 2 aromatic rings. The van der Waals surface area contributed by atoms with Gasteiger partial charge in [-0.05, 0) is 76.0 Å². The number of H-pyrrole nitrogens is 2. The van der Waals surface area contributed by atoms with Gasteiger partial charge in [-0.2, -0.15) is 0 Å². The summed E-state index contributed by atoms with van der Waals surface area (Å²) in [4.78, 5) is 62.7. The fraction of sp³-hybridized carbons (Fsp3) is 0.655. The van der Waals surface area contributed by atoms with Crippen molar-refractivity contribution in [1.82, 2.24) is 25.3 Å². The van der Waals surface area contributed by atoms with Crippen molar-refractivity contribution in [1.29, 1.82) is 0 Å². The molecular weight excluding hydrogens is 613 g/mol. The number of nitrogens with one attached hydrogen (secondary N) is 4. The van der Waals surface area contributed by atoms with Gasteiger partial charge in [0.05, 0.1) is 17.8 Å². The van der Waals surface area contributed by atoms with Crippen molar-refractivity contribution >= 4 is 43.0 Å². The van der Waals surface area contributed by atoms with E-state index < -0.39 is 31.2 Å². The molecular formula is C29H52N6O6Si3. The first-order valence-corrected chi connectivity index (χ1v) is 24.5. The molecule has 0 aliphatic rings. The summed E-state index contributed by atoms with van der Waals surface area (Å²) in [6, 6.07) is 4.16. The Kier molecular flexibility index (Phi) is 13.6. The highest BCUT2D eigenvalue weighted by atomic mass is 28.5. The SMILES string of the molecule is CC(C)c1cc(=O)[nH]c(CC(=O)CCC[Si](C)(C)O[Si](C)(C)O[Si](C)(C)CCCNC(=O)Nc2nc(C(C)C)cc(=O)[nH]2)n1. The second-order valence-corrected chi connectivity index (χ2v) is 26.1. The third-order valence-electron chi connectivity index (χ3n) is 6.87. The lowest BCUT2D eigenvalue weighted by atomic mass is 10.1. The Hall–Kier alpha value is -2.73. The van der Waals surface area contributed by atoms with Crippen LogP contribution in [-0.4, -0.2) is 63.5 Å². The van der Waals surface area contributed by atoms with Crippen LogP contribution in [0, 0.1) is 0 Å². The molecule has 0 fully saturated rings. The number of aromatic nitrogens is 4. The van der Waals surface area contributed by atoms with E-state index in [0.717, 1.165) is 24.9 Å². The molecule has 0 atom stereocenters. The van der Waals surface area contributed by atoms with Crippen LogP contribution in [0.5, 0.6) is 0 Å². The van der Waals surface area contributed by atoms with Crippen molar-refractivity contribution in [2.75, 3.05) is 11.9 Å². The van der Waals surface area contributed by atoms with Crippen LogP contribution < -0.4 is 21.8 Å². The van der Waals surface area contributed by atoms with E-state index >= 15 is 0 Å². The second-order valence-electron chi connectivity index (χ2n) is 13.6. The average Bonchev–Trinajstić information content (AvgIpc) is 2.84.